The van der Waals surface area contributed by atoms with Crippen molar-refractivity contribution in [2.75, 3.05) is 0 Å². The summed E-state index contributed by atoms with van der Waals surface area (Å²) >= 11 is 0. The SMILES string of the molecule is CC[C@H]1O[C@H](C(C)C)OC1=O. The van der Waals surface area contributed by atoms with Crippen molar-refractivity contribution in [1.82, 2.24) is 0 Å². The van der Waals surface area contributed by atoms with Crippen LogP contribution in [0.5, 0.6) is 0 Å². The Kier molecular flexibility index (Phi) is 2.49. The smallest absolute Gasteiger partial charge is 0.337 e. The lowest BCUT2D eigenvalue weighted by Gasteiger charge is -2.11. The molecule has 0 aromatic heterocycles. The van der Waals surface area contributed by atoms with E-state index in [1.165, 1.54) is 0 Å². The lowest BCUT2D eigenvalue weighted by atomic mass is 10.2. The van der Waals surface area contributed by atoms with E-state index >= 15 is 0 Å². The molecule has 1 aliphatic rings. The normalized spacial score (nSPS) is 31.1. The maximum Gasteiger partial charge on any atom is 0.337 e. The third kappa shape index (κ3) is 1.71. The number of ether oxygens (including phenoxy) is 2. The summed E-state index contributed by atoms with van der Waals surface area (Å²) in [6.07, 6.45) is 0.0389. The van der Waals surface area contributed by atoms with Gasteiger partial charge in [-0.25, -0.2) is 4.79 Å². The van der Waals surface area contributed by atoms with E-state index in [0.29, 0.717) is 6.42 Å². The Bertz CT molecular complexity index is 153. The summed E-state index contributed by atoms with van der Waals surface area (Å²) in [4.78, 5) is 11.0. The summed E-state index contributed by atoms with van der Waals surface area (Å²) in [6.45, 7) is 5.85. The molecule has 0 bridgehead atoms. The quantitative estimate of drug-likeness (QED) is 0.568. The molecule has 1 aliphatic heterocycles. The van der Waals surface area contributed by atoms with Crippen LogP contribution in [0, 0.1) is 5.92 Å². The standard InChI is InChI=1S/C8H14O3/c1-4-6-7(9)11-8(10-6)5(2)3/h5-6,8H,4H2,1-3H3/t6-,8+/m1/s1. The predicted octanol–water partition coefficient (Wildman–Crippen LogP) is 1.32. The number of rotatable bonds is 2. The minimum absolute atomic E-state index is 0.216. The van der Waals surface area contributed by atoms with Gasteiger partial charge in [-0.3, -0.25) is 0 Å². The van der Waals surface area contributed by atoms with Crippen LogP contribution in [0.25, 0.3) is 0 Å². The molecule has 0 aromatic carbocycles. The van der Waals surface area contributed by atoms with Gasteiger partial charge in [-0.2, -0.15) is 0 Å². The van der Waals surface area contributed by atoms with Crippen molar-refractivity contribution in [2.45, 2.75) is 39.6 Å². The molecule has 0 aliphatic carbocycles. The summed E-state index contributed by atoms with van der Waals surface area (Å²) in [5.74, 6) is 0.0294. The highest BCUT2D eigenvalue weighted by Gasteiger charge is 2.35. The van der Waals surface area contributed by atoms with E-state index in [2.05, 4.69) is 0 Å². The van der Waals surface area contributed by atoms with Crippen LogP contribution < -0.4 is 0 Å². The molecule has 1 rings (SSSR count). The molecule has 0 N–H and O–H groups in total. The zero-order chi connectivity index (χ0) is 8.43. The van der Waals surface area contributed by atoms with Crippen LogP contribution >= 0.6 is 0 Å². The van der Waals surface area contributed by atoms with Crippen LogP contribution in [0.2, 0.25) is 0 Å². The Morgan fingerprint density at radius 2 is 2.18 bits per heavy atom. The van der Waals surface area contributed by atoms with E-state index in [9.17, 15) is 4.79 Å². The molecule has 0 aromatic rings. The molecule has 3 heteroatoms. The van der Waals surface area contributed by atoms with Gasteiger partial charge in [-0.1, -0.05) is 20.8 Å². The Morgan fingerprint density at radius 1 is 1.55 bits per heavy atom. The summed E-state index contributed by atoms with van der Waals surface area (Å²) < 4.78 is 10.3. The number of carbonyl (C=O) groups excluding carboxylic acids is 1. The lowest BCUT2D eigenvalue weighted by Crippen LogP contribution is -2.17. The van der Waals surface area contributed by atoms with Crippen molar-refractivity contribution in [2.24, 2.45) is 5.92 Å². The first-order valence-electron chi connectivity index (χ1n) is 4.01. The van der Waals surface area contributed by atoms with Gasteiger partial charge < -0.3 is 9.47 Å². The maximum absolute atomic E-state index is 11.0. The van der Waals surface area contributed by atoms with Crippen molar-refractivity contribution < 1.29 is 14.3 Å². The van der Waals surface area contributed by atoms with Crippen LogP contribution in [0.3, 0.4) is 0 Å². The van der Waals surface area contributed by atoms with Crippen molar-refractivity contribution >= 4 is 5.97 Å². The highest BCUT2D eigenvalue weighted by Crippen LogP contribution is 2.21. The van der Waals surface area contributed by atoms with Gasteiger partial charge in [0, 0.05) is 5.92 Å². The van der Waals surface area contributed by atoms with Crippen LogP contribution in [0.1, 0.15) is 27.2 Å². The number of cyclic esters (lactones) is 1. The third-order valence-corrected chi connectivity index (χ3v) is 1.71. The summed E-state index contributed by atoms with van der Waals surface area (Å²) in [5, 5.41) is 0. The third-order valence-electron chi connectivity index (χ3n) is 1.71. The number of hydrogen-bond donors (Lipinski definition) is 0. The molecule has 0 unspecified atom stereocenters. The van der Waals surface area contributed by atoms with Gasteiger partial charge in [-0.15, -0.1) is 0 Å². The molecule has 0 amide bonds. The second-order valence-corrected chi connectivity index (χ2v) is 3.08. The van der Waals surface area contributed by atoms with Gasteiger partial charge in [0.05, 0.1) is 0 Å². The van der Waals surface area contributed by atoms with E-state index in [1.54, 1.807) is 0 Å². The molecule has 11 heavy (non-hydrogen) atoms. The zero-order valence-electron chi connectivity index (χ0n) is 7.16. The molecular formula is C8H14O3. The molecule has 2 atom stereocenters. The van der Waals surface area contributed by atoms with Crippen LogP contribution in [-0.4, -0.2) is 18.4 Å². The van der Waals surface area contributed by atoms with Gasteiger partial charge in [0.25, 0.3) is 0 Å². The monoisotopic (exact) mass is 158 g/mol. The highest BCUT2D eigenvalue weighted by atomic mass is 16.8. The Hall–Kier alpha value is -0.570. The first-order chi connectivity index (χ1) is 5.15. The van der Waals surface area contributed by atoms with Gasteiger partial charge >= 0.3 is 5.97 Å². The molecule has 3 nitrogen and oxygen atoms in total. The fourth-order valence-electron chi connectivity index (χ4n) is 0.992. The molecule has 0 spiro atoms. The van der Waals surface area contributed by atoms with Crippen LogP contribution in [0.4, 0.5) is 0 Å². The maximum atomic E-state index is 11.0. The summed E-state index contributed by atoms with van der Waals surface area (Å²) in [5.41, 5.74) is 0. The highest BCUT2D eigenvalue weighted by molar-refractivity contribution is 5.76. The number of carbonyl (C=O) groups is 1. The molecule has 0 saturated carbocycles. The fraction of sp³-hybridized carbons (Fsp3) is 0.875. The van der Waals surface area contributed by atoms with Crippen LogP contribution in [0.15, 0.2) is 0 Å². The fourth-order valence-corrected chi connectivity index (χ4v) is 0.992. The van der Waals surface area contributed by atoms with E-state index < -0.39 is 0 Å². The average Bonchev–Trinajstić information content (AvgIpc) is 2.31. The van der Waals surface area contributed by atoms with Crippen molar-refractivity contribution in [3.63, 3.8) is 0 Å². The molecule has 1 saturated heterocycles. The first-order valence-corrected chi connectivity index (χ1v) is 4.01. The number of hydrogen-bond acceptors (Lipinski definition) is 3. The largest absolute Gasteiger partial charge is 0.434 e. The molecule has 64 valence electrons. The minimum atomic E-state index is -0.331. The molecule has 1 heterocycles. The molecular weight excluding hydrogens is 144 g/mol. The second kappa shape index (κ2) is 3.22. The molecule has 0 radical (unpaired) electrons. The molecule has 1 fully saturated rings. The minimum Gasteiger partial charge on any atom is -0.434 e. The van der Waals surface area contributed by atoms with E-state index in [1.807, 2.05) is 20.8 Å². The average molecular weight is 158 g/mol. The first kappa shape index (κ1) is 8.53. The lowest BCUT2D eigenvalue weighted by molar-refractivity contribution is -0.146. The number of esters is 1. The van der Waals surface area contributed by atoms with Gasteiger partial charge in [-0.05, 0) is 6.42 Å². The van der Waals surface area contributed by atoms with E-state index in [-0.39, 0.29) is 24.3 Å². The van der Waals surface area contributed by atoms with Crippen molar-refractivity contribution in [1.29, 1.82) is 0 Å². The second-order valence-electron chi connectivity index (χ2n) is 3.08. The van der Waals surface area contributed by atoms with E-state index in [0.717, 1.165) is 0 Å². The van der Waals surface area contributed by atoms with Gasteiger partial charge in [0.15, 0.2) is 6.10 Å². The predicted molar refractivity (Wildman–Crippen MR) is 39.9 cm³/mol. The topological polar surface area (TPSA) is 35.5 Å². The van der Waals surface area contributed by atoms with Gasteiger partial charge in [0.2, 0.25) is 6.29 Å². The van der Waals surface area contributed by atoms with Gasteiger partial charge in [0.1, 0.15) is 0 Å². The van der Waals surface area contributed by atoms with Crippen LogP contribution in [-0.2, 0) is 14.3 Å². The Balaban J connectivity index is 2.49. The summed E-state index contributed by atoms with van der Waals surface area (Å²) in [6, 6.07) is 0. The summed E-state index contributed by atoms with van der Waals surface area (Å²) in [7, 11) is 0. The van der Waals surface area contributed by atoms with Crippen molar-refractivity contribution in [3.8, 4) is 0 Å². The van der Waals surface area contributed by atoms with E-state index in [4.69, 9.17) is 9.47 Å². The zero-order valence-corrected chi connectivity index (χ0v) is 7.16. The van der Waals surface area contributed by atoms with Crippen molar-refractivity contribution in [3.05, 3.63) is 0 Å². The Labute approximate surface area is 66.7 Å². The Morgan fingerprint density at radius 3 is 2.45 bits per heavy atom.